The minimum absolute atomic E-state index is 0.251. The number of rotatable bonds is 7. The second kappa shape index (κ2) is 8.25. The van der Waals surface area contributed by atoms with Crippen LogP contribution < -0.4 is 10.6 Å². The Bertz CT molecular complexity index is 913. The second-order valence-corrected chi connectivity index (χ2v) is 7.17. The van der Waals surface area contributed by atoms with Crippen LogP contribution in [-0.2, 0) is 12.0 Å². The summed E-state index contributed by atoms with van der Waals surface area (Å²) in [6, 6.07) is 16.7. The molecule has 0 radical (unpaired) electrons. The molecule has 0 bridgehead atoms. The summed E-state index contributed by atoms with van der Waals surface area (Å²) in [6.07, 6.45) is 7.89. The van der Waals surface area contributed by atoms with Crippen molar-refractivity contribution in [2.45, 2.75) is 31.7 Å². The number of hydrogen-bond acceptors (Lipinski definition) is 3. The van der Waals surface area contributed by atoms with Crippen LogP contribution >= 0.6 is 0 Å². The van der Waals surface area contributed by atoms with Crippen LogP contribution in [0.1, 0.15) is 30.9 Å². The van der Waals surface area contributed by atoms with E-state index < -0.39 is 0 Å². The summed E-state index contributed by atoms with van der Waals surface area (Å²) in [7, 11) is 0. The Hall–Kier alpha value is -3.15. The molecule has 0 atom stereocenters. The van der Waals surface area contributed by atoms with E-state index in [0.29, 0.717) is 6.54 Å². The summed E-state index contributed by atoms with van der Waals surface area (Å²) in [5.74, 6) is 1.65. The maximum atomic E-state index is 4.77. The summed E-state index contributed by atoms with van der Waals surface area (Å²) in [4.78, 5) is 9.14. The van der Waals surface area contributed by atoms with E-state index in [1.54, 1.807) is 17.1 Å². The summed E-state index contributed by atoms with van der Waals surface area (Å²) >= 11 is 0. The van der Waals surface area contributed by atoms with E-state index >= 15 is 0 Å². The molecule has 0 unspecified atom stereocenters. The number of aliphatic imine (C=N–C) groups is 1. The molecule has 4 rings (SSSR count). The van der Waals surface area contributed by atoms with Gasteiger partial charge in [0.1, 0.15) is 0 Å². The van der Waals surface area contributed by atoms with Gasteiger partial charge in [-0.2, -0.15) is 5.10 Å². The number of benzene rings is 1. The van der Waals surface area contributed by atoms with Crippen LogP contribution in [0.4, 0.5) is 0 Å². The molecular weight excluding hydrogens is 348 g/mol. The molecule has 1 aromatic carbocycles. The van der Waals surface area contributed by atoms with Crippen LogP contribution in [-0.4, -0.2) is 33.8 Å². The van der Waals surface area contributed by atoms with Crippen molar-refractivity contribution >= 4 is 5.96 Å². The fourth-order valence-electron chi connectivity index (χ4n) is 3.36. The first-order valence-electron chi connectivity index (χ1n) is 9.82. The van der Waals surface area contributed by atoms with Crippen LogP contribution in [0.2, 0.25) is 0 Å². The van der Waals surface area contributed by atoms with Gasteiger partial charge in [0.05, 0.1) is 6.54 Å². The van der Waals surface area contributed by atoms with Crippen molar-refractivity contribution in [2.24, 2.45) is 4.99 Å². The first kappa shape index (κ1) is 18.2. The Balaban J connectivity index is 1.42. The Kier molecular flexibility index (Phi) is 5.37. The van der Waals surface area contributed by atoms with Gasteiger partial charge in [-0.15, -0.1) is 0 Å². The quantitative estimate of drug-likeness (QED) is 0.493. The SMILES string of the molecule is CCNC(=NCc1ccnc(-n2cccn2)c1)NCC1(c2ccccc2)CC1. The van der Waals surface area contributed by atoms with Gasteiger partial charge in [0.25, 0.3) is 0 Å². The van der Waals surface area contributed by atoms with E-state index in [1.165, 1.54) is 18.4 Å². The molecule has 2 heterocycles. The van der Waals surface area contributed by atoms with Gasteiger partial charge < -0.3 is 10.6 Å². The second-order valence-electron chi connectivity index (χ2n) is 7.17. The lowest BCUT2D eigenvalue weighted by Crippen LogP contribution is -2.41. The first-order chi connectivity index (χ1) is 13.8. The van der Waals surface area contributed by atoms with Crippen molar-refractivity contribution in [3.05, 3.63) is 78.2 Å². The molecule has 144 valence electrons. The summed E-state index contributed by atoms with van der Waals surface area (Å²) < 4.78 is 1.76. The van der Waals surface area contributed by atoms with Gasteiger partial charge in [-0.05, 0) is 49.1 Å². The Morgan fingerprint density at radius 1 is 1.11 bits per heavy atom. The molecule has 0 amide bonds. The largest absolute Gasteiger partial charge is 0.357 e. The third kappa shape index (κ3) is 4.22. The van der Waals surface area contributed by atoms with Gasteiger partial charge in [-0.25, -0.2) is 14.7 Å². The Morgan fingerprint density at radius 3 is 2.68 bits per heavy atom. The van der Waals surface area contributed by atoms with Crippen molar-refractivity contribution < 1.29 is 0 Å². The molecule has 0 aliphatic heterocycles. The van der Waals surface area contributed by atoms with Gasteiger partial charge in [0.15, 0.2) is 11.8 Å². The number of pyridine rings is 1. The fourth-order valence-corrected chi connectivity index (χ4v) is 3.36. The maximum Gasteiger partial charge on any atom is 0.191 e. The zero-order valence-corrected chi connectivity index (χ0v) is 16.2. The average molecular weight is 374 g/mol. The Morgan fingerprint density at radius 2 is 1.96 bits per heavy atom. The highest BCUT2D eigenvalue weighted by molar-refractivity contribution is 5.80. The lowest BCUT2D eigenvalue weighted by molar-refractivity contribution is 0.646. The molecule has 2 aromatic heterocycles. The van der Waals surface area contributed by atoms with Crippen LogP contribution in [0.25, 0.3) is 5.82 Å². The van der Waals surface area contributed by atoms with E-state index in [4.69, 9.17) is 4.99 Å². The molecule has 2 N–H and O–H groups in total. The summed E-state index contributed by atoms with van der Waals surface area (Å²) in [5, 5.41) is 11.1. The molecule has 1 fully saturated rings. The van der Waals surface area contributed by atoms with Crippen molar-refractivity contribution in [3.63, 3.8) is 0 Å². The summed E-state index contributed by atoms with van der Waals surface area (Å²) in [6.45, 7) is 4.41. The molecule has 1 aliphatic carbocycles. The first-order valence-corrected chi connectivity index (χ1v) is 9.82. The molecule has 0 saturated heterocycles. The zero-order valence-electron chi connectivity index (χ0n) is 16.2. The highest BCUT2D eigenvalue weighted by Gasteiger charge is 2.43. The maximum absolute atomic E-state index is 4.77. The third-order valence-corrected chi connectivity index (χ3v) is 5.15. The molecular formula is C22H26N6. The normalized spacial score (nSPS) is 15.2. The van der Waals surface area contributed by atoms with Gasteiger partial charge >= 0.3 is 0 Å². The van der Waals surface area contributed by atoms with Crippen molar-refractivity contribution in [1.82, 2.24) is 25.4 Å². The standard InChI is InChI=1S/C22H26N6/c1-2-23-21(26-17-22(10-11-22)19-7-4-3-5-8-19)25-16-18-9-13-24-20(15-18)28-14-6-12-27-28/h3-9,12-15H,2,10-11,16-17H2,1H3,(H2,23,25,26). The number of aromatic nitrogens is 3. The number of nitrogens with one attached hydrogen (secondary N) is 2. The van der Waals surface area contributed by atoms with Gasteiger partial charge in [0.2, 0.25) is 0 Å². The topological polar surface area (TPSA) is 67.1 Å². The molecule has 6 nitrogen and oxygen atoms in total. The predicted octanol–water partition coefficient (Wildman–Crippen LogP) is 3.05. The molecule has 28 heavy (non-hydrogen) atoms. The minimum Gasteiger partial charge on any atom is -0.357 e. The van der Waals surface area contributed by atoms with E-state index in [2.05, 4.69) is 58.0 Å². The minimum atomic E-state index is 0.251. The van der Waals surface area contributed by atoms with Gasteiger partial charge in [0, 0.05) is 37.1 Å². The van der Waals surface area contributed by atoms with Crippen LogP contribution in [0.5, 0.6) is 0 Å². The van der Waals surface area contributed by atoms with E-state index in [9.17, 15) is 0 Å². The van der Waals surface area contributed by atoms with Crippen LogP contribution in [0.15, 0.2) is 72.1 Å². The van der Waals surface area contributed by atoms with Gasteiger partial charge in [-0.3, -0.25) is 0 Å². The number of hydrogen-bond donors (Lipinski definition) is 2. The van der Waals surface area contributed by atoms with E-state index in [1.807, 2.05) is 24.4 Å². The monoisotopic (exact) mass is 374 g/mol. The number of guanidine groups is 1. The highest BCUT2D eigenvalue weighted by atomic mass is 15.3. The predicted molar refractivity (Wildman–Crippen MR) is 112 cm³/mol. The Labute approximate surface area is 165 Å². The average Bonchev–Trinajstić information content (AvgIpc) is 3.33. The van der Waals surface area contributed by atoms with Crippen molar-refractivity contribution in [3.8, 4) is 5.82 Å². The zero-order chi connectivity index (χ0) is 19.2. The molecule has 6 heteroatoms. The molecule has 3 aromatic rings. The van der Waals surface area contributed by atoms with Crippen molar-refractivity contribution in [2.75, 3.05) is 13.1 Å². The van der Waals surface area contributed by atoms with Crippen LogP contribution in [0.3, 0.4) is 0 Å². The third-order valence-electron chi connectivity index (χ3n) is 5.15. The van der Waals surface area contributed by atoms with Crippen LogP contribution in [0, 0.1) is 0 Å². The smallest absolute Gasteiger partial charge is 0.191 e. The number of nitrogens with zero attached hydrogens (tertiary/aromatic N) is 4. The van der Waals surface area contributed by atoms with E-state index in [0.717, 1.165) is 30.4 Å². The molecule has 1 aliphatic rings. The fraction of sp³-hybridized carbons (Fsp3) is 0.318. The van der Waals surface area contributed by atoms with Crippen molar-refractivity contribution in [1.29, 1.82) is 0 Å². The lowest BCUT2D eigenvalue weighted by atomic mass is 9.96. The van der Waals surface area contributed by atoms with E-state index in [-0.39, 0.29) is 5.41 Å². The lowest BCUT2D eigenvalue weighted by Gasteiger charge is -2.19. The molecule has 0 spiro atoms. The summed E-state index contributed by atoms with van der Waals surface area (Å²) in [5.41, 5.74) is 2.76. The highest BCUT2D eigenvalue weighted by Crippen LogP contribution is 2.47. The van der Waals surface area contributed by atoms with Gasteiger partial charge in [-0.1, -0.05) is 30.3 Å². The molecule has 1 saturated carbocycles.